The minimum Gasteiger partial charge on any atom is -0.477 e. The molecule has 0 unspecified atom stereocenters. The second-order valence-corrected chi connectivity index (χ2v) is 7.67. The summed E-state index contributed by atoms with van der Waals surface area (Å²) in [6.45, 7) is 5.85. The van der Waals surface area contributed by atoms with Crippen molar-refractivity contribution >= 4 is 44.8 Å². The molecule has 1 aromatic heterocycles. The lowest BCUT2D eigenvalue weighted by Gasteiger charge is -2.16. The number of carboxylic acid groups (broad SMARTS) is 1. The molecule has 0 atom stereocenters. The van der Waals surface area contributed by atoms with Gasteiger partial charge in [-0.25, -0.2) is 9.78 Å². The summed E-state index contributed by atoms with van der Waals surface area (Å²) < 4.78 is 0.841. The van der Waals surface area contributed by atoms with Crippen LogP contribution in [0.4, 0.5) is 0 Å². The number of aromatic nitrogens is 1. The summed E-state index contributed by atoms with van der Waals surface area (Å²) in [6.07, 6.45) is 0. The van der Waals surface area contributed by atoms with E-state index in [9.17, 15) is 9.90 Å². The summed E-state index contributed by atoms with van der Waals surface area (Å²) in [7, 11) is 0. The Morgan fingerprint density at radius 3 is 2.55 bits per heavy atom. The molecule has 106 valence electrons. The van der Waals surface area contributed by atoms with E-state index in [1.54, 1.807) is 12.1 Å². The van der Waals surface area contributed by atoms with Gasteiger partial charge in [-0.1, -0.05) is 48.3 Å². The Morgan fingerprint density at radius 2 is 2.05 bits per heavy atom. The second kappa shape index (κ2) is 5.47. The highest BCUT2D eigenvalue weighted by atomic mass is 79.9. The first-order valence-electron chi connectivity index (χ1n) is 5.90. The normalized spacial score (nSPS) is 11.7. The van der Waals surface area contributed by atoms with Crippen LogP contribution in [0.15, 0.2) is 22.7 Å². The zero-order valence-electron chi connectivity index (χ0n) is 11.2. The fourth-order valence-electron chi connectivity index (χ4n) is 1.75. The number of rotatable bonds is 2. The molecule has 0 fully saturated rings. The zero-order chi connectivity index (χ0) is 15.1. The molecule has 2 aromatic rings. The van der Waals surface area contributed by atoms with Crippen molar-refractivity contribution < 1.29 is 9.90 Å². The van der Waals surface area contributed by atoms with Crippen molar-refractivity contribution in [2.75, 3.05) is 0 Å². The Hall–Kier alpha value is -0.910. The lowest BCUT2D eigenvalue weighted by molar-refractivity contribution is 0.0699. The first-order valence-corrected chi connectivity index (χ1v) is 7.89. The molecule has 20 heavy (non-hydrogen) atoms. The molecule has 1 N–H and O–H groups in total. The number of halogens is 2. The summed E-state index contributed by atoms with van der Waals surface area (Å²) in [5.41, 5.74) is 1.07. The van der Waals surface area contributed by atoms with Crippen LogP contribution in [0.2, 0.25) is 5.02 Å². The van der Waals surface area contributed by atoms with E-state index in [1.165, 1.54) is 11.3 Å². The summed E-state index contributed by atoms with van der Waals surface area (Å²) >= 11 is 10.6. The first-order chi connectivity index (χ1) is 9.20. The van der Waals surface area contributed by atoms with Crippen molar-refractivity contribution in [2.24, 2.45) is 0 Å². The van der Waals surface area contributed by atoms with Crippen molar-refractivity contribution in [1.29, 1.82) is 0 Å². The molecule has 0 aliphatic heterocycles. The maximum Gasteiger partial charge on any atom is 0.347 e. The van der Waals surface area contributed by atoms with Crippen LogP contribution in [-0.4, -0.2) is 16.1 Å². The molecule has 0 amide bonds. The Morgan fingerprint density at radius 1 is 1.40 bits per heavy atom. The van der Waals surface area contributed by atoms with Crippen molar-refractivity contribution in [2.45, 2.75) is 26.2 Å². The van der Waals surface area contributed by atoms with Crippen LogP contribution in [0.1, 0.15) is 36.1 Å². The fraction of sp³-hybridized carbons (Fsp3) is 0.286. The Labute approximate surface area is 134 Å². The fourth-order valence-corrected chi connectivity index (χ4v) is 3.63. The molecule has 0 spiro atoms. The molecule has 0 aliphatic carbocycles. The van der Waals surface area contributed by atoms with E-state index in [-0.39, 0.29) is 10.3 Å². The molecule has 0 saturated carbocycles. The van der Waals surface area contributed by atoms with Crippen LogP contribution >= 0.6 is 38.9 Å². The molecule has 0 aliphatic rings. The highest BCUT2D eigenvalue weighted by Crippen LogP contribution is 2.38. The van der Waals surface area contributed by atoms with E-state index in [0.29, 0.717) is 15.7 Å². The SMILES string of the molecule is CC(C)(C)c1nc(-c2cc(Cl)ccc2Br)sc1C(=O)O. The minimum atomic E-state index is -0.947. The molecule has 1 aromatic carbocycles. The number of nitrogens with zero attached hydrogens (tertiary/aromatic N) is 1. The number of thiazole rings is 1. The van der Waals surface area contributed by atoms with Gasteiger partial charge in [0.25, 0.3) is 0 Å². The largest absolute Gasteiger partial charge is 0.477 e. The van der Waals surface area contributed by atoms with E-state index in [4.69, 9.17) is 11.6 Å². The Bertz CT molecular complexity index is 676. The van der Waals surface area contributed by atoms with Gasteiger partial charge in [0.15, 0.2) is 0 Å². The number of carboxylic acids is 1. The molecular formula is C14H13BrClNO2S. The van der Waals surface area contributed by atoms with Crippen molar-refractivity contribution in [3.05, 3.63) is 38.3 Å². The van der Waals surface area contributed by atoms with Gasteiger partial charge in [0.05, 0.1) is 5.69 Å². The van der Waals surface area contributed by atoms with Gasteiger partial charge in [0.2, 0.25) is 0 Å². The van der Waals surface area contributed by atoms with E-state index < -0.39 is 5.97 Å². The minimum absolute atomic E-state index is 0.277. The maximum atomic E-state index is 11.4. The smallest absolute Gasteiger partial charge is 0.347 e. The Balaban J connectivity index is 2.65. The first kappa shape index (κ1) is 15.5. The second-order valence-electron chi connectivity index (χ2n) is 5.38. The molecule has 0 saturated heterocycles. The van der Waals surface area contributed by atoms with Crippen LogP contribution in [0.25, 0.3) is 10.6 Å². The van der Waals surface area contributed by atoms with Crippen LogP contribution < -0.4 is 0 Å². The number of carbonyl (C=O) groups is 1. The standard InChI is InChI=1S/C14H13BrClNO2S/c1-14(2,3)11-10(13(18)19)20-12(17-11)8-6-7(16)4-5-9(8)15/h4-6H,1-3H3,(H,18,19). The maximum absolute atomic E-state index is 11.4. The van der Waals surface area contributed by atoms with E-state index in [0.717, 1.165) is 10.0 Å². The third-order valence-electron chi connectivity index (χ3n) is 2.69. The third kappa shape index (κ3) is 3.05. The van der Waals surface area contributed by atoms with Crippen LogP contribution in [0.5, 0.6) is 0 Å². The number of hydrogen-bond acceptors (Lipinski definition) is 3. The molecule has 6 heteroatoms. The zero-order valence-corrected chi connectivity index (χ0v) is 14.4. The quantitative estimate of drug-likeness (QED) is 0.784. The van der Waals surface area contributed by atoms with Gasteiger partial charge in [0, 0.05) is 20.5 Å². The van der Waals surface area contributed by atoms with Crippen molar-refractivity contribution in [3.8, 4) is 10.6 Å². The lowest BCUT2D eigenvalue weighted by atomic mass is 9.91. The van der Waals surface area contributed by atoms with Crippen LogP contribution in [-0.2, 0) is 5.41 Å². The number of aromatic carboxylic acids is 1. The van der Waals surface area contributed by atoms with Gasteiger partial charge in [-0.3, -0.25) is 0 Å². The van der Waals surface area contributed by atoms with Gasteiger partial charge in [-0.05, 0) is 18.2 Å². The monoisotopic (exact) mass is 373 g/mol. The molecule has 3 nitrogen and oxygen atoms in total. The van der Waals surface area contributed by atoms with Crippen LogP contribution in [0, 0.1) is 0 Å². The molecule has 0 radical (unpaired) electrons. The predicted molar refractivity (Wildman–Crippen MR) is 85.9 cm³/mol. The molecular weight excluding hydrogens is 362 g/mol. The van der Waals surface area contributed by atoms with Gasteiger partial charge in [0.1, 0.15) is 9.88 Å². The number of benzene rings is 1. The average molecular weight is 375 g/mol. The summed E-state index contributed by atoms with van der Waals surface area (Å²) in [5.74, 6) is -0.947. The van der Waals surface area contributed by atoms with Crippen molar-refractivity contribution in [1.82, 2.24) is 4.98 Å². The predicted octanol–water partition coefficient (Wildman–Crippen LogP) is 5.22. The van der Waals surface area contributed by atoms with E-state index in [2.05, 4.69) is 20.9 Å². The topological polar surface area (TPSA) is 50.2 Å². The average Bonchev–Trinajstić information content (AvgIpc) is 2.77. The summed E-state index contributed by atoms with van der Waals surface area (Å²) in [5, 5.41) is 10.6. The molecule has 0 bridgehead atoms. The van der Waals surface area contributed by atoms with Gasteiger partial charge < -0.3 is 5.11 Å². The highest BCUT2D eigenvalue weighted by Gasteiger charge is 2.27. The van der Waals surface area contributed by atoms with Gasteiger partial charge in [-0.15, -0.1) is 11.3 Å². The van der Waals surface area contributed by atoms with Gasteiger partial charge >= 0.3 is 5.97 Å². The Kier molecular flexibility index (Phi) is 4.23. The number of hydrogen-bond donors (Lipinski definition) is 1. The van der Waals surface area contributed by atoms with E-state index >= 15 is 0 Å². The molecule has 2 rings (SSSR count). The van der Waals surface area contributed by atoms with Gasteiger partial charge in [-0.2, -0.15) is 0 Å². The lowest BCUT2D eigenvalue weighted by Crippen LogP contribution is -2.16. The summed E-state index contributed by atoms with van der Waals surface area (Å²) in [6, 6.07) is 5.38. The third-order valence-corrected chi connectivity index (χ3v) is 4.69. The molecule has 1 heterocycles. The summed E-state index contributed by atoms with van der Waals surface area (Å²) in [4.78, 5) is 16.2. The van der Waals surface area contributed by atoms with E-state index in [1.807, 2.05) is 26.8 Å². The highest BCUT2D eigenvalue weighted by molar-refractivity contribution is 9.10. The van der Waals surface area contributed by atoms with Crippen molar-refractivity contribution in [3.63, 3.8) is 0 Å². The van der Waals surface area contributed by atoms with Crippen LogP contribution in [0.3, 0.4) is 0 Å².